The Labute approximate surface area is 192 Å². The molecule has 4 heteroatoms. The summed E-state index contributed by atoms with van der Waals surface area (Å²) < 4.78 is 0. The summed E-state index contributed by atoms with van der Waals surface area (Å²) in [4.78, 5) is 19.3. The molecule has 2 aromatic rings. The SMILES string of the molecule is O=C(NCCCc1ccncc1)N(CCC12CC3CC(CC(C3)C1)C2)Cc1ccccc1. The molecular formula is C28H37N3O. The minimum atomic E-state index is 0.0910. The lowest BCUT2D eigenvalue weighted by molar-refractivity contribution is -0.0598. The van der Waals surface area contributed by atoms with E-state index in [4.69, 9.17) is 0 Å². The molecule has 4 bridgehead atoms. The summed E-state index contributed by atoms with van der Waals surface area (Å²) >= 11 is 0. The first-order valence-corrected chi connectivity index (χ1v) is 12.6. The number of pyridine rings is 1. The number of aryl methyl sites for hydroxylation is 1. The number of nitrogens with one attached hydrogen (secondary N) is 1. The van der Waals surface area contributed by atoms with Gasteiger partial charge in [-0.05, 0) is 104 Å². The lowest BCUT2D eigenvalue weighted by Crippen LogP contribution is -2.48. The summed E-state index contributed by atoms with van der Waals surface area (Å²) in [5.41, 5.74) is 2.99. The number of nitrogens with zero attached hydrogens (tertiary/aromatic N) is 2. The fourth-order valence-corrected chi connectivity index (χ4v) is 7.17. The molecule has 4 fully saturated rings. The maximum Gasteiger partial charge on any atom is 0.317 e. The van der Waals surface area contributed by atoms with Gasteiger partial charge in [0.2, 0.25) is 0 Å². The number of benzene rings is 1. The summed E-state index contributed by atoms with van der Waals surface area (Å²) in [6.45, 7) is 2.28. The van der Waals surface area contributed by atoms with Crippen LogP contribution in [-0.4, -0.2) is 29.0 Å². The average Bonchev–Trinajstić information content (AvgIpc) is 2.80. The van der Waals surface area contributed by atoms with Crippen molar-refractivity contribution in [3.8, 4) is 0 Å². The number of hydrogen-bond donors (Lipinski definition) is 1. The minimum Gasteiger partial charge on any atom is -0.338 e. The zero-order valence-corrected chi connectivity index (χ0v) is 19.2. The molecule has 32 heavy (non-hydrogen) atoms. The second-order valence-corrected chi connectivity index (χ2v) is 10.8. The van der Waals surface area contributed by atoms with E-state index >= 15 is 0 Å². The van der Waals surface area contributed by atoms with Crippen LogP contribution in [0.15, 0.2) is 54.9 Å². The Hall–Kier alpha value is -2.36. The van der Waals surface area contributed by atoms with Crippen LogP contribution in [0, 0.1) is 23.2 Å². The van der Waals surface area contributed by atoms with Crippen LogP contribution in [0.1, 0.15) is 62.5 Å². The molecule has 4 nitrogen and oxygen atoms in total. The van der Waals surface area contributed by atoms with Crippen LogP contribution >= 0.6 is 0 Å². The Kier molecular flexibility index (Phi) is 6.47. The first-order chi connectivity index (χ1) is 15.7. The quantitative estimate of drug-likeness (QED) is 0.508. The third-order valence-electron chi connectivity index (χ3n) is 8.25. The van der Waals surface area contributed by atoms with Gasteiger partial charge in [-0.2, -0.15) is 0 Å². The highest BCUT2D eigenvalue weighted by Crippen LogP contribution is 2.61. The van der Waals surface area contributed by atoms with Crippen molar-refractivity contribution >= 4 is 6.03 Å². The molecule has 1 aromatic heterocycles. The van der Waals surface area contributed by atoms with Crippen LogP contribution in [0.4, 0.5) is 4.79 Å². The van der Waals surface area contributed by atoms with E-state index in [1.165, 1.54) is 56.1 Å². The summed E-state index contributed by atoms with van der Waals surface area (Å²) in [6, 6.07) is 14.6. The summed E-state index contributed by atoms with van der Waals surface area (Å²) in [6.07, 6.45) is 15.4. The third kappa shape index (κ3) is 5.16. The highest BCUT2D eigenvalue weighted by molar-refractivity contribution is 5.74. The number of amides is 2. The van der Waals surface area contributed by atoms with E-state index in [2.05, 4.69) is 51.6 Å². The average molecular weight is 432 g/mol. The van der Waals surface area contributed by atoms with E-state index in [1.54, 1.807) is 0 Å². The van der Waals surface area contributed by atoms with Gasteiger partial charge in [-0.15, -0.1) is 0 Å². The van der Waals surface area contributed by atoms with Gasteiger partial charge in [-0.25, -0.2) is 4.79 Å². The lowest BCUT2D eigenvalue weighted by Gasteiger charge is -2.57. The number of carbonyl (C=O) groups is 1. The molecule has 0 unspecified atom stereocenters. The Morgan fingerprint density at radius 2 is 1.59 bits per heavy atom. The van der Waals surface area contributed by atoms with Crippen LogP contribution in [0.3, 0.4) is 0 Å². The van der Waals surface area contributed by atoms with E-state index in [0.29, 0.717) is 18.5 Å². The molecule has 0 atom stereocenters. The molecule has 0 spiro atoms. The monoisotopic (exact) mass is 431 g/mol. The van der Waals surface area contributed by atoms with Crippen molar-refractivity contribution in [2.75, 3.05) is 13.1 Å². The van der Waals surface area contributed by atoms with E-state index in [1.807, 2.05) is 18.5 Å². The molecule has 1 N–H and O–H groups in total. The maximum absolute atomic E-state index is 13.2. The molecule has 2 amide bonds. The maximum atomic E-state index is 13.2. The molecule has 0 saturated heterocycles. The van der Waals surface area contributed by atoms with Crippen molar-refractivity contribution < 1.29 is 4.79 Å². The second kappa shape index (κ2) is 9.64. The molecular weight excluding hydrogens is 394 g/mol. The van der Waals surface area contributed by atoms with Crippen LogP contribution < -0.4 is 5.32 Å². The van der Waals surface area contributed by atoms with Gasteiger partial charge < -0.3 is 10.2 Å². The van der Waals surface area contributed by atoms with Gasteiger partial charge in [0.25, 0.3) is 0 Å². The van der Waals surface area contributed by atoms with Crippen molar-refractivity contribution in [2.45, 2.75) is 64.3 Å². The van der Waals surface area contributed by atoms with Gasteiger partial charge in [0.05, 0.1) is 0 Å². The smallest absolute Gasteiger partial charge is 0.317 e. The topological polar surface area (TPSA) is 45.2 Å². The van der Waals surface area contributed by atoms with Crippen molar-refractivity contribution in [3.63, 3.8) is 0 Å². The highest BCUT2D eigenvalue weighted by atomic mass is 16.2. The molecule has 4 aliphatic rings. The van der Waals surface area contributed by atoms with Crippen molar-refractivity contribution in [1.82, 2.24) is 15.2 Å². The number of carbonyl (C=O) groups excluding carboxylic acids is 1. The predicted molar refractivity (Wildman–Crippen MR) is 128 cm³/mol. The first kappa shape index (κ1) is 21.5. The third-order valence-corrected chi connectivity index (χ3v) is 8.25. The largest absolute Gasteiger partial charge is 0.338 e. The van der Waals surface area contributed by atoms with Gasteiger partial charge in [0, 0.05) is 32.0 Å². The van der Waals surface area contributed by atoms with E-state index in [0.717, 1.165) is 37.1 Å². The van der Waals surface area contributed by atoms with Crippen molar-refractivity contribution in [3.05, 3.63) is 66.0 Å². The van der Waals surface area contributed by atoms with E-state index in [9.17, 15) is 4.79 Å². The molecule has 0 aliphatic heterocycles. The summed E-state index contributed by atoms with van der Waals surface area (Å²) in [7, 11) is 0. The van der Waals surface area contributed by atoms with Gasteiger partial charge in [-0.3, -0.25) is 4.98 Å². The Balaban J connectivity index is 1.18. The first-order valence-electron chi connectivity index (χ1n) is 12.6. The molecule has 4 saturated carbocycles. The van der Waals surface area contributed by atoms with Crippen LogP contribution in [-0.2, 0) is 13.0 Å². The number of aromatic nitrogens is 1. The number of rotatable bonds is 9. The fraction of sp³-hybridized carbons (Fsp3) is 0.571. The highest BCUT2D eigenvalue weighted by Gasteiger charge is 2.50. The van der Waals surface area contributed by atoms with Crippen LogP contribution in [0.25, 0.3) is 0 Å². The summed E-state index contributed by atoms with van der Waals surface area (Å²) in [5.74, 6) is 2.89. The number of hydrogen-bond acceptors (Lipinski definition) is 2. The Morgan fingerprint density at radius 1 is 0.938 bits per heavy atom. The zero-order chi connectivity index (χ0) is 21.8. The molecule has 6 rings (SSSR count). The van der Waals surface area contributed by atoms with E-state index < -0.39 is 0 Å². The van der Waals surface area contributed by atoms with Gasteiger partial charge >= 0.3 is 6.03 Å². The second-order valence-electron chi connectivity index (χ2n) is 10.8. The predicted octanol–water partition coefficient (Wildman–Crippen LogP) is 5.83. The van der Waals surface area contributed by atoms with E-state index in [-0.39, 0.29) is 6.03 Å². The molecule has 0 radical (unpaired) electrons. The Bertz CT molecular complexity index is 847. The van der Waals surface area contributed by atoms with Gasteiger partial charge in [0.15, 0.2) is 0 Å². The normalized spacial score (nSPS) is 27.9. The standard InChI is InChI=1S/C28H37N3O/c32-27(30-11-4-7-22-8-12-29-13-9-22)31(21-23-5-2-1-3-6-23)14-10-28-18-24-15-25(19-28)17-26(16-24)20-28/h1-3,5-6,8-9,12-13,24-26H,4,7,10-11,14-21H2,(H,30,32). The number of urea groups is 1. The van der Waals surface area contributed by atoms with Crippen molar-refractivity contribution in [2.24, 2.45) is 23.2 Å². The van der Waals surface area contributed by atoms with Crippen LogP contribution in [0.2, 0.25) is 0 Å². The Morgan fingerprint density at radius 3 is 2.25 bits per heavy atom. The van der Waals surface area contributed by atoms with Crippen molar-refractivity contribution in [1.29, 1.82) is 0 Å². The van der Waals surface area contributed by atoms with Crippen LogP contribution in [0.5, 0.6) is 0 Å². The molecule has 1 heterocycles. The fourth-order valence-electron chi connectivity index (χ4n) is 7.17. The summed E-state index contributed by atoms with van der Waals surface area (Å²) in [5, 5.41) is 3.20. The molecule has 4 aliphatic carbocycles. The zero-order valence-electron chi connectivity index (χ0n) is 19.2. The molecule has 1 aromatic carbocycles. The minimum absolute atomic E-state index is 0.0910. The van der Waals surface area contributed by atoms with Gasteiger partial charge in [-0.1, -0.05) is 30.3 Å². The van der Waals surface area contributed by atoms with Gasteiger partial charge in [0.1, 0.15) is 0 Å². The lowest BCUT2D eigenvalue weighted by atomic mass is 9.49. The molecule has 170 valence electrons.